The van der Waals surface area contributed by atoms with Gasteiger partial charge in [-0.25, -0.2) is 13.2 Å². The van der Waals surface area contributed by atoms with Crippen LogP contribution in [0.1, 0.15) is 35.3 Å². The number of fused-ring (bicyclic) bond motifs is 1. The fourth-order valence-corrected chi connectivity index (χ4v) is 4.33. The van der Waals surface area contributed by atoms with Gasteiger partial charge in [0.25, 0.3) is 0 Å². The standard InChI is InChI=1S/C20H23NO4S/c1-15(2)14-25-20(22)17-7-9-19(10-8-17)26(23,24)21-12-11-16-5-3-4-6-18(16)13-21/h3-10,15H,11-14H2,1-2H3. The number of hydrogen-bond donors (Lipinski definition) is 0. The van der Waals surface area contributed by atoms with Crippen molar-refractivity contribution in [3.63, 3.8) is 0 Å². The molecule has 1 aliphatic rings. The zero-order chi connectivity index (χ0) is 18.7. The van der Waals surface area contributed by atoms with Gasteiger partial charge in [0.15, 0.2) is 0 Å². The molecule has 0 saturated heterocycles. The Morgan fingerprint density at radius 3 is 2.38 bits per heavy atom. The summed E-state index contributed by atoms with van der Waals surface area (Å²) in [6, 6.07) is 13.9. The van der Waals surface area contributed by atoms with Gasteiger partial charge >= 0.3 is 5.97 Å². The summed E-state index contributed by atoms with van der Waals surface area (Å²) in [4.78, 5) is 12.2. The Morgan fingerprint density at radius 1 is 1.08 bits per heavy atom. The van der Waals surface area contributed by atoms with E-state index in [1.807, 2.05) is 38.1 Å². The highest BCUT2D eigenvalue weighted by molar-refractivity contribution is 7.89. The van der Waals surface area contributed by atoms with Crippen molar-refractivity contribution in [2.75, 3.05) is 13.2 Å². The molecule has 0 spiro atoms. The Kier molecular flexibility index (Phi) is 5.44. The molecule has 1 heterocycles. The number of sulfonamides is 1. The Hall–Kier alpha value is -2.18. The number of ether oxygens (including phenoxy) is 1. The molecule has 0 saturated carbocycles. The minimum atomic E-state index is -3.59. The molecule has 0 unspecified atom stereocenters. The van der Waals surface area contributed by atoms with E-state index in [1.54, 1.807) is 0 Å². The SMILES string of the molecule is CC(C)COC(=O)c1ccc(S(=O)(=O)N2CCc3ccccc3C2)cc1. The maximum absolute atomic E-state index is 12.9. The maximum Gasteiger partial charge on any atom is 0.338 e. The van der Waals surface area contributed by atoms with Crippen molar-refractivity contribution in [1.29, 1.82) is 0 Å². The van der Waals surface area contributed by atoms with Crippen LogP contribution in [0.4, 0.5) is 0 Å². The lowest BCUT2D eigenvalue weighted by Crippen LogP contribution is -2.35. The summed E-state index contributed by atoms with van der Waals surface area (Å²) >= 11 is 0. The van der Waals surface area contributed by atoms with Crippen LogP contribution >= 0.6 is 0 Å². The molecule has 2 aromatic rings. The third kappa shape index (κ3) is 3.97. The predicted octanol–water partition coefficient (Wildman–Crippen LogP) is 3.25. The monoisotopic (exact) mass is 373 g/mol. The lowest BCUT2D eigenvalue weighted by molar-refractivity contribution is 0.0459. The van der Waals surface area contributed by atoms with Crippen LogP contribution in [0.15, 0.2) is 53.4 Å². The molecular weight excluding hydrogens is 350 g/mol. The van der Waals surface area contributed by atoms with E-state index in [9.17, 15) is 13.2 Å². The maximum atomic E-state index is 12.9. The Balaban J connectivity index is 1.75. The molecule has 0 aromatic heterocycles. The molecule has 0 bridgehead atoms. The van der Waals surface area contributed by atoms with Gasteiger partial charge < -0.3 is 4.74 Å². The van der Waals surface area contributed by atoms with Crippen LogP contribution in [-0.2, 0) is 27.7 Å². The van der Waals surface area contributed by atoms with Crippen molar-refractivity contribution in [1.82, 2.24) is 4.31 Å². The second-order valence-corrected chi connectivity index (χ2v) is 8.81. The molecule has 0 N–H and O–H groups in total. The van der Waals surface area contributed by atoms with Gasteiger partial charge in [-0.2, -0.15) is 4.31 Å². The van der Waals surface area contributed by atoms with E-state index < -0.39 is 16.0 Å². The predicted molar refractivity (Wildman–Crippen MR) is 99.3 cm³/mol. The average molecular weight is 373 g/mol. The summed E-state index contributed by atoms with van der Waals surface area (Å²) in [6.07, 6.45) is 0.703. The highest BCUT2D eigenvalue weighted by Gasteiger charge is 2.28. The first-order valence-corrected chi connectivity index (χ1v) is 10.2. The van der Waals surface area contributed by atoms with Gasteiger partial charge in [0.05, 0.1) is 17.1 Å². The van der Waals surface area contributed by atoms with Crippen LogP contribution in [0, 0.1) is 5.92 Å². The van der Waals surface area contributed by atoms with Crippen LogP contribution in [0.25, 0.3) is 0 Å². The van der Waals surface area contributed by atoms with Gasteiger partial charge in [0.2, 0.25) is 10.0 Å². The summed E-state index contributed by atoms with van der Waals surface area (Å²) in [5.41, 5.74) is 2.59. The van der Waals surface area contributed by atoms with Gasteiger partial charge in [0.1, 0.15) is 0 Å². The first-order chi connectivity index (χ1) is 12.4. The number of nitrogens with zero attached hydrogens (tertiary/aromatic N) is 1. The molecule has 0 amide bonds. The highest BCUT2D eigenvalue weighted by Crippen LogP contribution is 2.25. The van der Waals surface area contributed by atoms with Gasteiger partial charge in [-0.1, -0.05) is 38.1 Å². The first-order valence-electron chi connectivity index (χ1n) is 8.72. The molecule has 0 fully saturated rings. The average Bonchev–Trinajstić information content (AvgIpc) is 2.65. The molecule has 1 aliphatic heterocycles. The highest BCUT2D eigenvalue weighted by atomic mass is 32.2. The van der Waals surface area contributed by atoms with E-state index in [-0.39, 0.29) is 10.8 Å². The third-order valence-corrected chi connectivity index (χ3v) is 6.23. The molecule has 26 heavy (non-hydrogen) atoms. The van der Waals surface area contributed by atoms with E-state index in [0.717, 1.165) is 5.56 Å². The lowest BCUT2D eigenvalue weighted by atomic mass is 10.0. The summed E-state index contributed by atoms with van der Waals surface area (Å²) in [7, 11) is -3.59. The minimum absolute atomic E-state index is 0.192. The molecular formula is C20H23NO4S. The van der Waals surface area contributed by atoms with Crippen LogP contribution in [0.3, 0.4) is 0 Å². The van der Waals surface area contributed by atoms with Crippen molar-refractivity contribution in [2.24, 2.45) is 5.92 Å². The summed E-state index contributed by atoms with van der Waals surface area (Å²) in [6.45, 7) is 5.08. The van der Waals surface area contributed by atoms with E-state index in [1.165, 1.54) is 34.1 Å². The van der Waals surface area contributed by atoms with Gasteiger partial charge in [0, 0.05) is 13.1 Å². The summed E-state index contributed by atoms with van der Waals surface area (Å²) in [5.74, 6) is -0.185. The molecule has 0 aliphatic carbocycles. The lowest BCUT2D eigenvalue weighted by Gasteiger charge is -2.28. The number of carbonyl (C=O) groups excluding carboxylic acids is 1. The molecule has 0 radical (unpaired) electrons. The number of hydrogen-bond acceptors (Lipinski definition) is 4. The van der Waals surface area contributed by atoms with Crippen molar-refractivity contribution < 1.29 is 17.9 Å². The van der Waals surface area contributed by atoms with E-state index in [2.05, 4.69) is 0 Å². The molecule has 6 heteroatoms. The minimum Gasteiger partial charge on any atom is -0.462 e. The first kappa shape index (κ1) is 18.6. The second kappa shape index (κ2) is 7.60. The van der Waals surface area contributed by atoms with Crippen LogP contribution in [0.2, 0.25) is 0 Å². The van der Waals surface area contributed by atoms with Crippen molar-refractivity contribution >= 4 is 16.0 Å². The smallest absolute Gasteiger partial charge is 0.338 e. The van der Waals surface area contributed by atoms with Gasteiger partial charge in [-0.05, 0) is 47.7 Å². The van der Waals surface area contributed by atoms with Crippen LogP contribution in [0.5, 0.6) is 0 Å². The fraction of sp³-hybridized carbons (Fsp3) is 0.350. The van der Waals surface area contributed by atoms with Crippen LogP contribution in [-0.4, -0.2) is 31.8 Å². The summed E-state index contributed by atoms with van der Waals surface area (Å²) < 4.78 is 32.5. The third-order valence-electron chi connectivity index (χ3n) is 4.37. The molecule has 0 atom stereocenters. The van der Waals surface area contributed by atoms with Crippen molar-refractivity contribution in [3.8, 4) is 0 Å². The Morgan fingerprint density at radius 2 is 1.73 bits per heavy atom. The summed E-state index contributed by atoms with van der Waals surface area (Å²) in [5, 5.41) is 0. The molecule has 5 nitrogen and oxygen atoms in total. The van der Waals surface area contributed by atoms with Crippen LogP contribution < -0.4 is 0 Å². The number of carbonyl (C=O) groups is 1. The van der Waals surface area contributed by atoms with Gasteiger partial charge in [-0.3, -0.25) is 0 Å². The Labute approximate surface area is 154 Å². The quantitative estimate of drug-likeness (QED) is 0.755. The Bertz CT molecular complexity index is 888. The number of rotatable bonds is 5. The van der Waals surface area contributed by atoms with Gasteiger partial charge in [-0.15, -0.1) is 0 Å². The normalized spacial score (nSPS) is 14.9. The zero-order valence-electron chi connectivity index (χ0n) is 15.0. The van der Waals surface area contributed by atoms with E-state index >= 15 is 0 Å². The number of benzene rings is 2. The zero-order valence-corrected chi connectivity index (χ0v) is 15.8. The van der Waals surface area contributed by atoms with Crippen molar-refractivity contribution in [2.45, 2.75) is 31.7 Å². The molecule has 3 rings (SSSR count). The van der Waals surface area contributed by atoms with Crippen molar-refractivity contribution in [3.05, 3.63) is 65.2 Å². The topological polar surface area (TPSA) is 63.7 Å². The second-order valence-electron chi connectivity index (χ2n) is 6.87. The molecule has 138 valence electrons. The van der Waals surface area contributed by atoms with E-state index in [4.69, 9.17) is 4.74 Å². The number of esters is 1. The van der Waals surface area contributed by atoms with E-state index in [0.29, 0.717) is 31.7 Å². The molecule has 2 aromatic carbocycles. The largest absolute Gasteiger partial charge is 0.462 e. The fourth-order valence-electron chi connectivity index (χ4n) is 2.91.